The van der Waals surface area contributed by atoms with Crippen molar-refractivity contribution in [1.82, 2.24) is 5.32 Å². The highest BCUT2D eigenvalue weighted by atomic mass is 14.9. The molecule has 1 saturated carbocycles. The first kappa shape index (κ1) is 8.06. The van der Waals surface area contributed by atoms with Crippen molar-refractivity contribution in [2.24, 2.45) is 11.8 Å². The van der Waals surface area contributed by atoms with Crippen LogP contribution in [0.1, 0.15) is 33.1 Å². The normalized spacial score (nSPS) is 33.6. The van der Waals surface area contributed by atoms with Gasteiger partial charge in [-0.15, -0.1) is 0 Å². The first-order valence-corrected chi connectivity index (χ1v) is 4.43. The van der Waals surface area contributed by atoms with Gasteiger partial charge in [0.2, 0.25) is 0 Å². The summed E-state index contributed by atoms with van der Waals surface area (Å²) in [6.45, 7) is 4.67. The minimum atomic E-state index is 0.806. The third-order valence-electron chi connectivity index (χ3n) is 2.80. The first-order chi connectivity index (χ1) is 4.75. The van der Waals surface area contributed by atoms with E-state index in [1.165, 1.54) is 19.3 Å². The maximum absolute atomic E-state index is 3.40. The lowest BCUT2D eigenvalue weighted by molar-refractivity contribution is 0.326. The fourth-order valence-electron chi connectivity index (χ4n) is 2.15. The van der Waals surface area contributed by atoms with Crippen molar-refractivity contribution in [3.8, 4) is 0 Å². The van der Waals surface area contributed by atoms with Crippen LogP contribution in [-0.4, -0.2) is 13.1 Å². The van der Waals surface area contributed by atoms with Crippen molar-refractivity contribution in [2.45, 2.75) is 39.2 Å². The van der Waals surface area contributed by atoms with E-state index in [1.54, 1.807) is 0 Å². The van der Waals surface area contributed by atoms with Gasteiger partial charge in [-0.05, 0) is 31.7 Å². The molecular weight excluding hydrogens is 122 g/mol. The van der Waals surface area contributed by atoms with Crippen molar-refractivity contribution in [3.63, 3.8) is 0 Å². The van der Waals surface area contributed by atoms with Gasteiger partial charge in [0.25, 0.3) is 0 Å². The summed E-state index contributed by atoms with van der Waals surface area (Å²) in [5.41, 5.74) is 0. The zero-order valence-electron chi connectivity index (χ0n) is 7.35. The van der Waals surface area contributed by atoms with Gasteiger partial charge in [-0.25, -0.2) is 0 Å². The molecule has 1 rings (SSSR count). The Morgan fingerprint density at radius 3 is 2.40 bits per heavy atom. The highest BCUT2D eigenvalue weighted by Crippen LogP contribution is 2.30. The van der Waals surface area contributed by atoms with Crippen LogP contribution in [0, 0.1) is 11.8 Å². The lowest BCUT2D eigenvalue weighted by Gasteiger charge is -2.22. The average Bonchev–Trinajstić information content (AvgIpc) is 2.33. The molecule has 1 aliphatic carbocycles. The Morgan fingerprint density at radius 2 is 2.00 bits per heavy atom. The van der Waals surface area contributed by atoms with Crippen LogP contribution in [0.25, 0.3) is 0 Å². The van der Waals surface area contributed by atoms with Gasteiger partial charge in [0.1, 0.15) is 0 Å². The minimum absolute atomic E-state index is 0.806. The molecule has 0 unspecified atom stereocenters. The maximum Gasteiger partial charge on any atom is 0.00947 e. The smallest absolute Gasteiger partial charge is 0.00947 e. The predicted molar refractivity (Wildman–Crippen MR) is 45.0 cm³/mol. The standard InChI is InChI=1S/C9H19N/c1-7(2)8-5-4-6-9(8)10-3/h7-10H,4-6H2,1-3H3/t8-,9+/m0/s1. The van der Waals surface area contributed by atoms with Crippen LogP contribution < -0.4 is 5.32 Å². The van der Waals surface area contributed by atoms with Gasteiger partial charge in [-0.1, -0.05) is 20.3 Å². The van der Waals surface area contributed by atoms with E-state index in [-0.39, 0.29) is 0 Å². The Labute approximate surface area is 64.2 Å². The SMILES string of the molecule is CN[C@@H]1CCC[C@H]1C(C)C. The van der Waals surface area contributed by atoms with Gasteiger partial charge in [0, 0.05) is 6.04 Å². The lowest BCUT2D eigenvalue weighted by Crippen LogP contribution is -2.31. The minimum Gasteiger partial charge on any atom is -0.317 e. The molecule has 10 heavy (non-hydrogen) atoms. The van der Waals surface area contributed by atoms with Crippen LogP contribution in [0.2, 0.25) is 0 Å². The molecule has 1 nitrogen and oxygen atoms in total. The summed E-state index contributed by atoms with van der Waals surface area (Å²) in [5.74, 6) is 1.80. The van der Waals surface area contributed by atoms with Gasteiger partial charge < -0.3 is 5.32 Å². The Hall–Kier alpha value is -0.0400. The molecule has 0 amide bonds. The van der Waals surface area contributed by atoms with E-state index < -0.39 is 0 Å². The van der Waals surface area contributed by atoms with E-state index in [2.05, 4.69) is 26.2 Å². The van der Waals surface area contributed by atoms with Crippen LogP contribution >= 0.6 is 0 Å². The molecule has 1 N–H and O–H groups in total. The van der Waals surface area contributed by atoms with E-state index in [1.807, 2.05) is 0 Å². The van der Waals surface area contributed by atoms with Gasteiger partial charge in [0.05, 0.1) is 0 Å². The number of hydrogen-bond acceptors (Lipinski definition) is 1. The summed E-state index contributed by atoms with van der Waals surface area (Å²) in [7, 11) is 2.09. The Morgan fingerprint density at radius 1 is 1.30 bits per heavy atom. The second kappa shape index (κ2) is 3.38. The second-order valence-electron chi connectivity index (χ2n) is 3.73. The van der Waals surface area contributed by atoms with Crippen molar-refractivity contribution in [3.05, 3.63) is 0 Å². The van der Waals surface area contributed by atoms with Crippen molar-refractivity contribution in [2.75, 3.05) is 7.05 Å². The summed E-state index contributed by atoms with van der Waals surface area (Å²) in [6.07, 6.45) is 4.25. The quantitative estimate of drug-likeness (QED) is 0.620. The fraction of sp³-hybridized carbons (Fsp3) is 1.00. The summed E-state index contributed by atoms with van der Waals surface area (Å²) in [4.78, 5) is 0. The van der Waals surface area contributed by atoms with Crippen LogP contribution in [0.3, 0.4) is 0 Å². The molecule has 0 bridgehead atoms. The maximum atomic E-state index is 3.40. The van der Waals surface area contributed by atoms with E-state index in [4.69, 9.17) is 0 Å². The van der Waals surface area contributed by atoms with Gasteiger partial charge in [-0.2, -0.15) is 0 Å². The zero-order chi connectivity index (χ0) is 7.56. The summed E-state index contributed by atoms with van der Waals surface area (Å²) >= 11 is 0. The van der Waals surface area contributed by atoms with Crippen molar-refractivity contribution >= 4 is 0 Å². The number of hydrogen-bond donors (Lipinski definition) is 1. The molecule has 1 heteroatoms. The molecule has 0 radical (unpaired) electrons. The topological polar surface area (TPSA) is 12.0 Å². The van der Waals surface area contributed by atoms with E-state index in [0.717, 1.165) is 17.9 Å². The lowest BCUT2D eigenvalue weighted by atomic mass is 9.91. The van der Waals surface area contributed by atoms with Crippen LogP contribution in [0.5, 0.6) is 0 Å². The van der Waals surface area contributed by atoms with Gasteiger partial charge in [0.15, 0.2) is 0 Å². The Kier molecular flexibility index (Phi) is 2.72. The second-order valence-corrected chi connectivity index (χ2v) is 3.73. The predicted octanol–water partition coefficient (Wildman–Crippen LogP) is 2.03. The van der Waals surface area contributed by atoms with Crippen molar-refractivity contribution in [1.29, 1.82) is 0 Å². The van der Waals surface area contributed by atoms with E-state index in [0.29, 0.717) is 0 Å². The highest BCUT2D eigenvalue weighted by Gasteiger charge is 2.27. The highest BCUT2D eigenvalue weighted by molar-refractivity contribution is 4.83. The van der Waals surface area contributed by atoms with E-state index in [9.17, 15) is 0 Å². The number of nitrogens with one attached hydrogen (secondary N) is 1. The first-order valence-electron chi connectivity index (χ1n) is 4.43. The summed E-state index contributed by atoms with van der Waals surface area (Å²) in [5, 5.41) is 3.40. The molecule has 60 valence electrons. The molecule has 1 aliphatic rings. The number of rotatable bonds is 2. The average molecular weight is 141 g/mol. The fourth-order valence-corrected chi connectivity index (χ4v) is 2.15. The van der Waals surface area contributed by atoms with Crippen LogP contribution in [0.15, 0.2) is 0 Å². The molecule has 0 aliphatic heterocycles. The van der Waals surface area contributed by atoms with E-state index >= 15 is 0 Å². The van der Waals surface area contributed by atoms with Crippen LogP contribution in [-0.2, 0) is 0 Å². The van der Waals surface area contributed by atoms with Crippen molar-refractivity contribution < 1.29 is 0 Å². The largest absolute Gasteiger partial charge is 0.317 e. The molecule has 0 aromatic heterocycles. The molecule has 0 saturated heterocycles. The molecule has 0 aromatic rings. The summed E-state index contributed by atoms with van der Waals surface area (Å²) < 4.78 is 0. The molecule has 1 fully saturated rings. The molecule has 0 spiro atoms. The molecule has 0 aromatic carbocycles. The third-order valence-corrected chi connectivity index (χ3v) is 2.80. The van der Waals surface area contributed by atoms with Gasteiger partial charge >= 0.3 is 0 Å². The molecule has 0 heterocycles. The summed E-state index contributed by atoms with van der Waals surface area (Å²) in [6, 6.07) is 0.806. The zero-order valence-corrected chi connectivity index (χ0v) is 7.35. The third kappa shape index (κ3) is 1.51. The van der Waals surface area contributed by atoms with Crippen LogP contribution in [0.4, 0.5) is 0 Å². The van der Waals surface area contributed by atoms with Gasteiger partial charge in [-0.3, -0.25) is 0 Å². The Bertz CT molecular complexity index is 98.9. The monoisotopic (exact) mass is 141 g/mol. The Balaban J connectivity index is 2.42. The molecular formula is C9H19N. The molecule has 2 atom stereocenters.